The van der Waals surface area contributed by atoms with Crippen LogP contribution in [-0.4, -0.2) is 14.1 Å². The van der Waals surface area contributed by atoms with Crippen LogP contribution < -0.4 is 9.30 Å². The maximum absolute atomic E-state index is 8.97. The van der Waals surface area contributed by atoms with E-state index in [4.69, 9.17) is 30.0 Å². The van der Waals surface area contributed by atoms with Crippen LogP contribution in [-0.2, 0) is 0 Å². The van der Waals surface area contributed by atoms with Gasteiger partial charge in [0.15, 0.2) is 11.0 Å². The summed E-state index contributed by atoms with van der Waals surface area (Å²) in [4.78, 5) is 4.62. The average molecular weight is 726 g/mol. The molecule has 0 aliphatic heterocycles. The van der Waals surface area contributed by atoms with Gasteiger partial charge in [0.25, 0.3) is 6.33 Å². The molecule has 5 nitrogen and oxygen atoms in total. The number of pyridine rings is 1. The molecule has 3 heterocycles. The summed E-state index contributed by atoms with van der Waals surface area (Å²) in [5.74, 6) is 1.75. The third-order valence-electron chi connectivity index (χ3n) is 9.36. The van der Waals surface area contributed by atoms with Crippen LogP contribution in [0.5, 0.6) is 11.5 Å². The molecule has 0 amide bonds. The number of hydrogen-bond donors (Lipinski definition) is 0. The molecule has 0 spiro atoms. The number of benzene rings is 7. The van der Waals surface area contributed by atoms with Crippen molar-refractivity contribution in [1.29, 1.82) is 0 Å². The van der Waals surface area contributed by atoms with Gasteiger partial charge in [-0.15, -0.1) is 0 Å². The molecule has 0 aliphatic rings. The summed E-state index contributed by atoms with van der Waals surface area (Å²) in [6.07, 6.45) is 3.43. The van der Waals surface area contributed by atoms with Gasteiger partial charge in [0.05, 0.1) is 24.7 Å². The second-order valence-electron chi connectivity index (χ2n) is 12.5. The van der Waals surface area contributed by atoms with Gasteiger partial charge in [-0.3, -0.25) is 4.57 Å². The van der Waals surface area contributed by atoms with Gasteiger partial charge in [0, 0.05) is 51.3 Å². The van der Waals surface area contributed by atoms with Crippen molar-refractivity contribution in [2.24, 2.45) is 0 Å². The Bertz CT molecular complexity index is 3440. The van der Waals surface area contributed by atoms with Crippen molar-refractivity contribution < 1.29 is 23.0 Å². The van der Waals surface area contributed by atoms with E-state index >= 15 is 0 Å². The van der Waals surface area contributed by atoms with Crippen LogP contribution in [0.2, 0.25) is 5.02 Å². The van der Waals surface area contributed by atoms with Crippen LogP contribution in [0.1, 0.15) is 13.7 Å². The number of hydrogen-bond acceptors (Lipinski definition) is 2. The highest BCUT2D eigenvalue weighted by Crippen LogP contribution is 2.37. The van der Waals surface area contributed by atoms with Crippen LogP contribution in [0.15, 0.2) is 194 Å². The molecule has 54 heavy (non-hydrogen) atoms. The zero-order valence-electron chi connectivity index (χ0n) is 38.3. The van der Waals surface area contributed by atoms with Crippen LogP contribution >= 0.6 is 11.6 Å². The number of ether oxygens (including phenoxy) is 1. The van der Waals surface area contributed by atoms with E-state index in [0.29, 0.717) is 39.1 Å². The number of aromatic nitrogens is 4. The number of imidazole rings is 1. The Balaban J connectivity index is 1.16. The molecule has 0 atom stereocenters. The molecule has 0 fully saturated rings. The minimum Gasteiger partial charge on any atom is -0.457 e. The normalized spacial score (nSPS) is 14.0. The van der Waals surface area contributed by atoms with Gasteiger partial charge >= 0.3 is 0 Å². The zero-order chi connectivity index (χ0) is 44.7. The summed E-state index contributed by atoms with van der Waals surface area (Å²) in [6, 6.07) is 32.1. The summed E-state index contributed by atoms with van der Waals surface area (Å²) >= 11 is 6.42. The van der Waals surface area contributed by atoms with E-state index in [9.17, 15) is 0 Å². The SMILES string of the molecule is [2H]c1c([2H])c([2H])c(-c2cccc(-c3c([2H])c([2H])c([2H])c([2H])c3[2H])c2-[n+]2cn(-c3cccc(Oc4ccc5c6ccccc6n(-c6cc(Cl)ccn6)c5c4)c3)c3ccccc32)c([2H])c1[2H]. The fourth-order valence-electron chi connectivity index (χ4n) is 7.08. The lowest BCUT2D eigenvalue weighted by molar-refractivity contribution is -0.566. The monoisotopic (exact) mass is 725 g/mol. The smallest absolute Gasteiger partial charge is 0.255 e. The Morgan fingerprint density at radius 2 is 1.26 bits per heavy atom. The number of fused-ring (bicyclic) bond motifs is 4. The molecule has 7 aromatic carbocycles. The molecular weight excluding hydrogens is 684 g/mol. The maximum Gasteiger partial charge on any atom is 0.255 e. The molecule has 6 heteroatoms. The zero-order valence-corrected chi connectivity index (χ0v) is 29.0. The first-order chi connectivity index (χ1) is 30.8. The molecule has 256 valence electrons. The van der Waals surface area contributed by atoms with Gasteiger partial charge in [-0.25, -0.2) is 4.98 Å². The highest BCUT2D eigenvalue weighted by atomic mass is 35.5. The summed E-state index contributed by atoms with van der Waals surface area (Å²) in [6.45, 7) is 0. The van der Waals surface area contributed by atoms with Gasteiger partial charge in [0.2, 0.25) is 0 Å². The summed E-state index contributed by atoms with van der Waals surface area (Å²) in [7, 11) is 0. The van der Waals surface area contributed by atoms with Gasteiger partial charge in [-0.1, -0.05) is 127 Å². The Kier molecular flexibility index (Phi) is 5.60. The fourth-order valence-corrected chi connectivity index (χ4v) is 7.23. The van der Waals surface area contributed by atoms with Crippen LogP contribution in [0.3, 0.4) is 0 Å². The predicted octanol–water partition coefficient (Wildman–Crippen LogP) is 12.2. The fraction of sp³-hybridized carbons (Fsp3) is 0. The van der Waals surface area contributed by atoms with Crippen molar-refractivity contribution in [2.45, 2.75) is 0 Å². The van der Waals surface area contributed by atoms with Crippen molar-refractivity contribution in [1.82, 2.24) is 14.1 Å². The van der Waals surface area contributed by atoms with Crippen molar-refractivity contribution in [3.05, 3.63) is 199 Å². The molecule has 0 bridgehead atoms. The van der Waals surface area contributed by atoms with E-state index in [-0.39, 0.29) is 27.9 Å². The lowest BCUT2D eigenvalue weighted by Crippen LogP contribution is -2.30. The molecule has 3 aromatic heterocycles. The Hall–Kier alpha value is -6.95. The van der Waals surface area contributed by atoms with E-state index in [1.165, 1.54) is 0 Å². The average Bonchev–Trinajstić information content (AvgIpc) is 3.85. The maximum atomic E-state index is 8.97. The Morgan fingerprint density at radius 3 is 2.02 bits per heavy atom. The van der Waals surface area contributed by atoms with Gasteiger partial charge in [-0.05, 0) is 59.7 Å². The summed E-state index contributed by atoms with van der Waals surface area (Å²) < 4.78 is 98.9. The van der Waals surface area contributed by atoms with Gasteiger partial charge < -0.3 is 4.74 Å². The molecule has 0 saturated heterocycles. The van der Waals surface area contributed by atoms with E-state index in [1.54, 1.807) is 41.4 Å². The Labute approximate surface area is 331 Å². The quantitative estimate of drug-likeness (QED) is 0.153. The third-order valence-corrected chi connectivity index (χ3v) is 9.60. The lowest BCUT2D eigenvalue weighted by Gasteiger charge is -2.13. The van der Waals surface area contributed by atoms with Crippen molar-refractivity contribution >= 4 is 44.4 Å². The molecule has 0 N–H and O–H groups in total. The highest BCUT2D eigenvalue weighted by molar-refractivity contribution is 6.30. The molecular formula is C48H32ClN4O+. The van der Waals surface area contributed by atoms with Gasteiger partial charge in [-0.2, -0.15) is 9.13 Å². The summed E-state index contributed by atoms with van der Waals surface area (Å²) in [5, 5.41) is 2.61. The second-order valence-corrected chi connectivity index (χ2v) is 12.9. The number of rotatable bonds is 7. The summed E-state index contributed by atoms with van der Waals surface area (Å²) in [5.41, 5.74) is 4.19. The number of nitrogens with zero attached hydrogens (tertiary/aromatic N) is 4. The number of halogens is 1. The minimum absolute atomic E-state index is 0.114. The topological polar surface area (TPSA) is 35.9 Å². The first kappa shape index (κ1) is 22.9. The van der Waals surface area contributed by atoms with Crippen LogP contribution in [0, 0.1) is 0 Å². The molecule has 10 rings (SSSR count). The Morgan fingerprint density at radius 1 is 0.593 bits per heavy atom. The van der Waals surface area contributed by atoms with Crippen molar-refractivity contribution in [2.75, 3.05) is 0 Å². The van der Waals surface area contributed by atoms with Crippen LogP contribution in [0.25, 0.3) is 72.3 Å². The van der Waals surface area contributed by atoms with E-state index in [1.807, 2.05) is 100 Å². The minimum atomic E-state index is -0.561. The lowest BCUT2D eigenvalue weighted by atomic mass is 9.95. The van der Waals surface area contributed by atoms with E-state index in [0.717, 1.165) is 21.8 Å². The molecule has 0 aliphatic carbocycles. The highest BCUT2D eigenvalue weighted by Gasteiger charge is 2.25. The number of para-hydroxylation sites is 4. The van der Waals surface area contributed by atoms with Gasteiger partial charge in [0.1, 0.15) is 28.7 Å². The molecule has 0 saturated carbocycles. The molecule has 10 aromatic rings. The second kappa shape index (κ2) is 13.2. The van der Waals surface area contributed by atoms with Crippen molar-refractivity contribution in [3.63, 3.8) is 0 Å². The standard InChI is InChI=1S/C48H32ClN4O/c49-35-27-28-50-47(29-35)53-43-22-8-7-19-41(43)42-26-25-38(31-46(42)53)54-37-18-11-17-36(30-37)51-32-52(45-24-10-9-23-44(45)51)48-39(33-13-3-1-4-14-33)20-12-21-40(48)34-15-5-2-6-16-34/h1-32H/q+1/i1D,2D,3D,4D,5D,6D,13D,14D,15D,16D. The first-order valence-corrected chi connectivity index (χ1v) is 17.4. The van der Waals surface area contributed by atoms with E-state index < -0.39 is 60.4 Å². The van der Waals surface area contributed by atoms with E-state index in [2.05, 4.69) is 11.1 Å². The third kappa shape index (κ3) is 5.50. The first-order valence-electron chi connectivity index (χ1n) is 22.1. The largest absolute Gasteiger partial charge is 0.457 e. The molecule has 0 radical (unpaired) electrons. The predicted molar refractivity (Wildman–Crippen MR) is 219 cm³/mol. The molecule has 0 unspecified atom stereocenters. The van der Waals surface area contributed by atoms with Crippen LogP contribution in [0.4, 0.5) is 0 Å². The van der Waals surface area contributed by atoms with Crippen molar-refractivity contribution in [3.8, 4) is 50.9 Å².